The second kappa shape index (κ2) is 9.04. The Bertz CT molecular complexity index is 860. The van der Waals surface area contributed by atoms with E-state index < -0.39 is 0 Å². The summed E-state index contributed by atoms with van der Waals surface area (Å²) in [4.78, 5) is 0. The number of ether oxygens (including phenoxy) is 1. The van der Waals surface area contributed by atoms with Crippen molar-refractivity contribution in [1.82, 2.24) is 6.15 Å². The number of unbranched alkanes of at least 4 members (excludes halogenated alkanes) is 1. The average Bonchev–Trinajstić information content (AvgIpc) is 2.63. The summed E-state index contributed by atoms with van der Waals surface area (Å²) in [5.41, 5.74) is 4.06. The lowest BCUT2D eigenvalue weighted by Gasteiger charge is -2.28. The molecule has 138 valence electrons. The smallest absolute Gasteiger partial charge is 0.128 e. The van der Waals surface area contributed by atoms with Crippen LogP contribution in [-0.2, 0) is 12.8 Å². The standard InChI is InChI=1S/C22H22O2.ClH.H3N/c23-13-4-3-7-17-14-19-12-11-18(17)15-22(19)24-21-10-5-8-16-6-1-2-9-20(16)21;;/h1-2,5-6,8-12,14,22-23H,3-4,7,13,15H2;1H;1H3. The molecule has 3 aromatic carbocycles. The number of fused-ring (bicyclic) bond motifs is 4. The first-order valence-corrected chi connectivity index (χ1v) is 8.72. The van der Waals surface area contributed by atoms with Crippen LogP contribution in [0.2, 0.25) is 0 Å². The molecule has 0 spiro atoms. The third kappa shape index (κ3) is 4.01. The van der Waals surface area contributed by atoms with Crippen LogP contribution in [0.3, 0.4) is 0 Å². The van der Waals surface area contributed by atoms with Crippen molar-refractivity contribution in [2.45, 2.75) is 31.8 Å². The lowest BCUT2D eigenvalue weighted by molar-refractivity contribution is 0.204. The van der Waals surface area contributed by atoms with Crippen LogP contribution in [-0.4, -0.2) is 11.7 Å². The Morgan fingerprint density at radius 3 is 2.54 bits per heavy atom. The molecule has 0 heterocycles. The molecule has 0 saturated carbocycles. The molecule has 3 aromatic rings. The number of hydrogen-bond acceptors (Lipinski definition) is 3. The molecule has 2 aliphatic carbocycles. The first-order valence-electron chi connectivity index (χ1n) is 8.72. The van der Waals surface area contributed by atoms with E-state index in [0.29, 0.717) is 0 Å². The highest BCUT2D eigenvalue weighted by Gasteiger charge is 2.23. The quantitative estimate of drug-likeness (QED) is 0.569. The predicted molar refractivity (Wildman–Crippen MR) is 110 cm³/mol. The minimum Gasteiger partial charge on any atom is -0.485 e. The Kier molecular flexibility index (Phi) is 7.04. The number of aliphatic hydroxyl groups excluding tert-OH is 1. The van der Waals surface area contributed by atoms with Crippen LogP contribution in [0.4, 0.5) is 0 Å². The maximum absolute atomic E-state index is 8.95. The molecule has 1 atom stereocenters. The Morgan fingerprint density at radius 1 is 0.962 bits per heavy atom. The summed E-state index contributed by atoms with van der Waals surface area (Å²) >= 11 is 0. The molecular weight excluding hydrogens is 346 g/mol. The van der Waals surface area contributed by atoms with Crippen LogP contribution in [0.5, 0.6) is 5.75 Å². The summed E-state index contributed by atoms with van der Waals surface area (Å²) in [5.74, 6) is 0.961. The third-order valence-electron chi connectivity index (χ3n) is 4.88. The fourth-order valence-electron chi connectivity index (χ4n) is 3.58. The molecular formula is C22H26ClNO2. The predicted octanol–water partition coefficient (Wildman–Crippen LogP) is 5.41. The van der Waals surface area contributed by atoms with Gasteiger partial charge >= 0.3 is 0 Å². The van der Waals surface area contributed by atoms with E-state index in [2.05, 4.69) is 60.7 Å². The summed E-state index contributed by atoms with van der Waals surface area (Å²) < 4.78 is 6.38. The monoisotopic (exact) mass is 371 g/mol. The van der Waals surface area contributed by atoms with E-state index in [1.165, 1.54) is 27.5 Å². The molecule has 0 fully saturated rings. The van der Waals surface area contributed by atoms with E-state index in [9.17, 15) is 0 Å². The van der Waals surface area contributed by atoms with Crippen molar-refractivity contribution in [1.29, 1.82) is 0 Å². The molecule has 4 N–H and O–H groups in total. The van der Waals surface area contributed by atoms with Crippen molar-refractivity contribution in [2.24, 2.45) is 0 Å². The number of halogens is 1. The molecule has 0 amide bonds. The van der Waals surface area contributed by atoms with E-state index in [-0.39, 0.29) is 31.3 Å². The highest BCUT2D eigenvalue weighted by atomic mass is 35.5. The number of rotatable bonds is 6. The van der Waals surface area contributed by atoms with Crippen LogP contribution >= 0.6 is 12.4 Å². The maximum atomic E-state index is 8.95. The molecule has 1 unspecified atom stereocenters. The molecule has 0 aromatic heterocycles. The van der Waals surface area contributed by atoms with Gasteiger partial charge in [-0.25, -0.2) is 0 Å². The highest BCUT2D eigenvalue weighted by molar-refractivity contribution is 5.88. The van der Waals surface area contributed by atoms with Crippen molar-refractivity contribution in [3.05, 3.63) is 77.4 Å². The summed E-state index contributed by atoms with van der Waals surface area (Å²) in [5, 5.41) is 11.3. The molecule has 5 rings (SSSR count). The van der Waals surface area contributed by atoms with Gasteiger partial charge in [-0.15, -0.1) is 12.4 Å². The number of aliphatic hydroxyl groups is 1. The second-order valence-corrected chi connectivity index (χ2v) is 6.50. The SMILES string of the molecule is Cl.N.OCCCCc1cc2ccc1CC2Oc1cccc2ccccc12. The second-order valence-electron chi connectivity index (χ2n) is 6.50. The summed E-state index contributed by atoms with van der Waals surface area (Å²) in [6.45, 7) is 0.280. The van der Waals surface area contributed by atoms with Crippen molar-refractivity contribution in [2.75, 3.05) is 6.61 Å². The van der Waals surface area contributed by atoms with E-state index >= 15 is 0 Å². The zero-order valence-electron chi connectivity index (χ0n) is 14.9. The molecule has 0 radical (unpaired) electrons. The van der Waals surface area contributed by atoms with Crippen LogP contribution in [0.25, 0.3) is 10.8 Å². The molecule has 26 heavy (non-hydrogen) atoms. The van der Waals surface area contributed by atoms with E-state index in [4.69, 9.17) is 9.84 Å². The van der Waals surface area contributed by atoms with Crippen molar-refractivity contribution < 1.29 is 9.84 Å². The van der Waals surface area contributed by atoms with Crippen molar-refractivity contribution in [3.63, 3.8) is 0 Å². The molecule has 2 bridgehead atoms. The summed E-state index contributed by atoms with van der Waals surface area (Å²) in [6.07, 6.45) is 4.02. The Morgan fingerprint density at radius 2 is 1.77 bits per heavy atom. The van der Waals surface area contributed by atoms with Crippen LogP contribution < -0.4 is 10.9 Å². The van der Waals surface area contributed by atoms with Gasteiger partial charge in [0.2, 0.25) is 0 Å². The van der Waals surface area contributed by atoms with Crippen LogP contribution in [0.1, 0.15) is 35.6 Å². The fourth-order valence-corrected chi connectivity index (χ4v) is 3.58. The van der Waals surface area contributed by atoms with Gasteiger partial charge in [-0.1, -0.05) is 54.6 Å². The molecule has 2 aliphatic rings. The Balaban J connectivity index is 0.00000121. The molecule has 3 nitrogen and oxygen atoms in total. The van der Waals surface area contributed by atoms with Crippen LogP contribution in [0, 0.1) is 0 Å². The third-order valence-corrected chi connectivity index (χ3v) is 4.88. The van der Waals surface area contributed by atoms with Crippen molar-refractivity contribution >= 4 is 23.2 Å². The number of hydrogen-bond donors (Lipinski definition) is 2. The fraction of sp³-hybridized carbons (Fsp3) is 0.273. The first kappa shape index (κ1) is 20.2. The van der Waals surface area contributed by atoms with Gasteiger partial charge in [0, 0.05) is 18.4 Å². The average molecular weight is 372 g/mol. The van der Waals surface area contributed by atoms with Gasteiger partial charge in [-0.3, -0.25) is 0 Å². The molecule has 0 saturated heterocycles. The molecule has 4 heteroatoms. The van der Waals surface area contributed by atoms with E-state index in [1.807, 2.05) is 0 Å². The first-order chi connectivity index (χ1) is 11.8. The minimum atomic E-state index is 0. The number of benzene rings is 3. The molecule has 0 aliphatic heterocycles. The largest absolute Gasteiger partial charge is 0.485 e. The lowest BCUT2D eigenvalue weighted by Crippen LogP contribution is -2.18. The van der Waals surface area contributed by atoms with E-state index in [0.717, 1.165) is 31.4 Å². The highest BCUT2D eigenvalue weighted by Crippen LogP contribution is 2.36. The summed E-state index contributed by atoms with van der Waals surface area (Å²) in [6, 6.07) is 21.3. The number of aryl methyl sites for hydroxylation is 1. The normalized spacial score (nSPS) is 14.6. The van der Waals surface area contributed by atoms with Gasteiger partial charge in [0.15, 0.2) is 0 Å². The van der Waals surface area contributed by atoms with Crippen molar-refractivity contribution in [3.8, 4) is 5.75 Å². The Hall–Kier alpha value is -2.07. The van der Waals surface area contributed by atoms with Crippen LogP contribution in [0.15, 0.2) is 60.7 Å². The van der Waals surface area contributed by atoms with E-state index in [1.54, 1.807) is 0 Å². The summed E-state index contributed by atoms with van der Waals surface area (Å²) in [7, 11) is 0. The lowest BCUT2D eigenvalue weighted by atomic mass is 9.86. The van der Waals surface area contributed by atoms with Gasteiger partial charge in [0.1, 0.15) is 11.9 Å². The van der Waals surface area contributed by atoms with Gasteiger partial charge in [-0.05, 0) is 47.4 Å². The zero-order valence-corrected chi connectivity index (χ0v) is 15.7. The topological polar surface area (TPSA) is 64.5 Å². The Labute approximate surface area is 161 Å². The van der Waals surface area contributed by atoms with Gasteiger partial charge in [0.25, 0.3) is 0 Å². The van der Waals surface area contributed by atoms with Gasteiger partial charge in [-0.2, -0.15) is 0 Å². The maximum Gasteiger partial charge on any atom is 0.128 e. The van der Waals surface area contributed by atoms with Gasteiger partial charge in [0.05, 0.1) is 0 Å². The minimum absolute atomic E-state index is 0. The van der Waals surface area contributed by atoms with Gasteiger partial charge < -0.3 is 16.0 Å². The zero-order chi connectivity index (χ0) is 16.4.